The molecule has 6 nitrogen and oxygen atoms in total. The van der Waals surface area contributed by atoms with Gasteiger partial charge in [0, 0.05) is 6.08 Å². The normalized spacial score (nSPS) is 10.9. The lowest BCUT2D eigenvalue weighted by molar-refractivity contribution is -0.129. The third-order valence-electron chi connectivity index (χ3n) is 4.54. The average Bonchev–Trinajstić information content (AvgIpc) is 2.84. The summed E-state index contributed by atoms with van der Waals surface area (Å²) in [5.41, 5.74) is 5.32. The summed E-state index contributed by atoms with van der Waals surface area (Å²) in [4.78, 5) is 23.8. The first-order valence-corrected chi connectivity index (χ1v) is 10.7. The molecule has 0 aliphatic heterocycles. The monoisotopic (exact) mass is 442 g/mol. The summed E-state index contributed by atoms with van der Waals surface area (Å²) < 4.78 is 10.7. The lowest BCUT2D eigenvalue weighted by atomic mass is 10.1. The van der Waals surface area contributed by atoms with Crippen LogP contribution in [0.3, 0.4) is 0 Å². The lowest BCUT2D eigenvalue weighted by Gasteiger charge is -2.06. The molecule has 0 saturated carbocycles. The van der Waals surface area contributed by atoms with Crippen molar-refractivity contribution in [3.8, 4) is 11.5 Å². The van der Waals surface area contributed by atoms with Crippen molar-refractivity contribution in [2.24, 2.45) is 5.10 Å². The van der Waals surface area contributed by atoms with Crippen LogP contribution in [0, 0.1) is 0 Å². The fourth-order valence-electron chi connectivity index (χ4n) is 2.90. The van der Waals surface area contributed by atoms with E-state index in [1.165, 1.54) is 17.9 Å². The van der Waals surface area contributed by atoms with E-state index in [4.69, 9.17) is 9.47 Å². The van der Waals surface area contributed by atoms with E-state index < -0.39 is 5.97 Å². The number of benzene rings is 3. The first-order valence-electron chi connectivity index (χ1n) is 10.7. The van der Waals surface area contributed by atoms with Gasteiger partial charge >= 0.3 is 5.97 Å². The molecule has 0 atom stereocenters. The van der Waals surface area contributed by atoms with Gasteiger partial charge in [0.1, 0.15) is 11.5 Å². The second kappa shape index (κ2) is 12.6. The molecule has 0 bridgehead atoms. The minimum absolute atomic E-state index is 0.129. The Bertz CT molecular complexity index is 1090. The summed E-state index contributed by atoms with van der Waals surface area (Å²) >= 11 is 0. The number of hydrogen-bond acceptors (Lipinski definition) is 5. The molecule has 0 unspecified atom stereocenters. The quantitative estimate of drug-likeness (QED) is 0.161. The molecule has 0 aliphatic carbocycles. The fourth-order valence-corrected chi connectivity index (χ4v) is 2.90. The first-order chi connectivity index (χ1) is 16.1. The lowest BCUT2D eigenvalue weighted by Crippen LogP contribution is -2.24. The van der Waals surface area contributed by atoms with Crippen LogP contribution in [0.15, 0.2) is 90.0 Å². The molecule has 0 fully saturated rings. The maximum atomic E-state index is 11.9. The molecule has 0 saturated heterocycles. The van der Waals surface area contributed by atoms with Crippen LogP contribution in [0.25, 0.3) is 6.08 Å². The summed E-state index contributed by atoms with van der Waals surface area (Å²) in [6, 6.07) is 24.0. The molecule has 3 aromatic rings. The molecular formula is C27H26N2O4. The second-order valence-corrected chi connectivity index (χ2v) is 7.21. The van der Waals surface area contributed by atoms with E-state index in [1.807, 2.05) is 54.6 Å². The average molecular weight is 443 g/mol. The van der Waals surface area contributed by atoms with Gasteiger partial charge in [0.15, 0.2) is 6.61 Å². The predicted molar refractivity (Wildman–Crippen MR) is 129 cm³/mol. The molecule has 0 aromatic heterocycles. The first kappa shape index (κ1) is 23.5. The van der Waals surface area contributed by atoms with Gasteiger partial charge < -0.3 is 9.47 Å². The highest BCUT2D eigenvalue weighted by Gasteiger charge is 2.03. The summed E-state index contributed by atoms with van der Waals surface area (Å²) in [6.07, 6.45) is 6.67. The van der Waals surface area contributed by atoms with Crippen molar-refractivity contribution in [3.63, 3.8) is 0 Å². The van der Waals surface area contributed by atoms with Gasteiger partial charge in [-0.15, -0.1) is 0 Å². The molecule has 0 heterocycles. The van der Waals surface area contributed by atoms with Crippen molar-refractivity contribution in [3.05, 3.63) is 102 Å². The molecule has 168 valence electrons. The molecule has 1 N–H and O–H groups in total. The number of nitrogens with one attached hydrogen (secondary N) is 1. The Balaban J connectivity index is 1.40. The molecular weight excluding hydrogens is 416 g/mol. The molecule has 0 radical (unpaired) electrons. The van der Waals surface area contributed by atoms with E-state index in [9.17, 15) is 9.59 Å². The SMILES string of the molecule is CCCc1ccc(OCC(=O)N/N=C/c2ccc(OC(=O)/C=C/c3ccccc3)cc2)cc1. The van der Waals surface area contributed by atoms with Gasteiger partial charge in [0.2, 0.25) is 0 Å². The summed E-state index contributed by atoms with van der Waals surface area (Å²) in [5, 5.41) is 3.92. The number of rotatable bonds is 10. The number of ether oxygens (including phenoxy) is 2. The fraction of sp³-hybridized carbons (Fsp3) is 0.148. The van der Waals surface area contributed by atoms with E-state index in [1.54, 1.807) is 30.3 Å². The highest BCUT2D eigenvalue weighted by Crippen LogP contribution is 2.14. The highest BCUT2D eigenvalue weighted by atomic mass is 16.5. The Morgan fingerprint density at radius 2 is 1.58 bits per heavy atom. The van der Waals surface area contributed by atoms with Crippen LogP contribution in [-0.2, 0) is 16.0 Å². The zero-order valence-electron chi connectivity index (χ0n) is 18.4. The Morgan fingerprint density at radius 1 is 0.879 bits per heavy atom. The van der Waals surface area contributed by atoms with Gasteiger partial charge in [-0.1, -0.05) is 55.8 Å². The van der Waals surface area contributed by atoms with Crippen LogP contribution in [0.1, 0.15) is 30.0 Å². The van der Waals surface area contributed by atoms with Crippen molar-refractivity contribution < 1.29 is 19.1 Å². The number of carbonyl (C=O) groups is 2. The molecule has 33 heavy (non-hydrogen) atoms. The smallest absolute Gasteiger partial charge is 0.336 e. The zero-order valence-corrected chi connectivity index (χ0v) is 18.4. The van der Waals surface area contributed by atoms with Crippen LogP contribution in [0.5, 0.6) is 11.5 Å². The van der Waals surface area contributed by atoms with Crippen LogP contribution >= 0.6 is 0 Å². The van der Waals surface area contributed by atoms with Gasteiger partial charge in [-0.05, 0) is 65.6 Å². The number of aryl methyl sites for hydroxylation is 1. The number of amides is 1. The number of esters is 1. The van der Waals surface area contributed by atoms with Crippen LogP contribution in [0.2, 0.25) is 0 Å². The van der Waals surface area contributed by atoms with E-state index in [0.29, 0.717) is 11.5 Å². The Labute approximate surface area is 193 Å². The number of carbonyl (C=O) groups excluding carboxylic acids is 2. The molecule has 0 spiro atoms. The molecule has 1 amide bonds. The van der Waals surface area contributed by atoms with Gasteiger partial charge in [-0.3, -0.25) is 4.79 Å². The maximum Gasteiger partial charge on any atom is 0.336 e. The molecule has 0 aliphatic rings. The molecule has 3 aromatic carbocycles. The minimum Gasteiger partial charge on any atom is -0.484 e. The van der Waals surface area contributed by atoms with Crippen molar-refractivity contribution in [1.82, 2.24) is 5.43 Å². The van der Waals surface area contributed by atoms with Crippen molar-refractivity contribution in [2.75, 3.05) is 6.61 Å². The molecule has 6 heteroatoms. The van der Waals surface area contributed by atoms with E-state index >= 15 is 0 Å². The minimum atomic E-state index is -0.465. The van der Waals surface area contributed by atoms with Gasteiger partial charge in [0.05, 0.1) is 6.21 Å². The van der Waals surface area contributed by atoms with Crippen LogP contribution in [0.4, 0.5) is 0 Å². The second-order valence-electron chi connectivity index (χ2n) is 7.21. The number of hydrogen-bond donors (Lipinski definition) is 1. The zero-order chi connectivity index (χ0) is 23.3. The third-order valence-corrected chi connectivity index (χ3v) is 4.54. The van der Waals surface area contributed by atoms with Crippen LogP contribution in [-0.4, -0.2) is 24.7 Å². The Hall–Kier alpha value is -4.19. The number of hydrazone groups is 1. The van der Waals surface area contributed by atoms with Gasteiger partial charge in [-0.2, -0.15) is 5.10 Å². The Morgan fingerprint density at radius 3 is 2.27 bits per heavy atom. The van der Waals surface area contributed by atoms with Gasteiger partial charge in [-0.25, -0.2) is 10.2 Å². The van der Waals surface area contributed by atoms with E-state index in [0.717, 1.165) is 24.0 Å². The standard InChI is InChI=1S/C27H26N2O4/c1-2-6-21-9-14-24(15-10-21)32-20-26(30)29-28-19-23-11-16-25(17-12-23)33-27(31)18-13-22-7-4-3-5-8-22/h3-5,7-19H,2,6,20H2,1H3,(H,29,30)/b18-13+,28-19+. The maximum absolute atomic E-state index is 11.9. The van der Waals surface area contributed by atoms with Crippen molar-refractivity contribution in [2.45, 2.75) is 19.8 Å². The third kappa shape index (κ3) is 8.45. The van der Waals surface area contributed by atoms with E-state index in [-0.39, 0.29) is 12.5 Å². The van der Waals surface area contributed by atoms with Crippen molar-refractivity contribution in [1.29, 1.82) is 0 Å². The van der Waals surface area contributed by atoms with E-state index in [2.05, 4.69) is 17.5 Å². The van der Waals surface area contributed by atoms with Crippen molar-refractivity contribution >= 4 is 24.2 Å². The summed E-state index contributed by atoms with van der Waals surface area (Å²) in [7, 11) is 0. The summed E-state index contributed by atoms with van der Waals surface area (Å²) in [6.45, 7) is 2.00. The number of nitrogens with zero attached hydrogens (tertiary/aromatic N) is 1. The topological polar surface area (TPSA) is 77.0 Å². The van der Waals surface area contributed by atoms with Gasteiger partial charge in [0.25, 0.3) is 5.91 Å². The summed E-state index contributed by atoms with van der Waals surface area (Å²) in [5.74, 6) is 0.224. The van der Waals surface area contributed by atoms with Crippen LogP contribution < -0.4 is 14.9 Å². The molecule has 3 rings (SSSR count). The highest BCUT2D eigenvalue weighted by molar-refractivity contribution is 5.89. The largest absolute Gasteiger partial charge is 0.484 e. The predicted octanol–water partition coefficient (Wildman–Crippen LogP) is 4.79. The Kier molecular flexibility index (Phi) is 8.97.